The van der Waals surface area contributed by atoms with Crippen LogP contribution >= 0.6 is 0 Å². The smallest absolute Gasteiger partial charge is 0.126 e. The number of benzene rings is 1. The van der Waals surface area contributed by atoms with E-state index in [1.165, 1.54) is 0 Å². The Bertz CT molecular complexity index is 471. The second-order valence-corrected chi connectivity index (χ2v) is 3.69. The quantitative estimate of drug-likeness (QED) is 0.871. The molecule has 0 aliphatic heterocycles. The minimum absolute atomic E-state index is 0.0556. The summed E-state index contributed by atoms with van der Waals surface area (Å²) in [6.45, 7) is 4.07. The van der Waals surface area contributed by atoms with Gasteiger partial charge in [-0.05, 0) is 36.8 Å². The van der Waals surface area contributed by atoms with Crippen molar-refractivity contribution in [3.63, 3.8) is 0 Å². The fourth-order valence-corrected chi connectivity index (χ4v) is 1.57. The lowest BCUT2D eigenvalue weighted by atomic mass is 10.1. The van der Waals surface area contributed by atoms with Gasteiger partial charge in [-0.2, -0.15) is 0 Å². The lowest BCUT2D eigenvalue weighted by molar-refractivity contribution is 0.414. The number of nitrogens with one attached hydrogen (secondary N) is 1. The van der Waals surface area contributed by atoms with E-state index in [2.05, 4.69) is 17.2 Å². The molecule has 0 amide bonds. The fourth-order valence-electron chi connectivity index (χ4n) is 1.57. The first-order valence-electron chi connectivity index (χ1n) is 5.44. The number of ether oxygens (including phenoxy) is 1. The van der Waals surface area contributed by atoms with Gasteiger partial charge in [0, 0.05) is 6.20 Å². The maximum atomic E-state index is 5.18. The van der Waals surface area contributed by atoms with Crippen LogP contribution in [0, 0.1) is 6.92 Å². The number of rotatable bonds is 4. The predicted molar refractivity (Wildman–Crippen MR) is 69.0 cm³/mol. The van der Waals surface area contributed by atoms with Gasteiger partial charge in [-0.1, -0.05) is 18.2 Å². The van der Waals surface area contributed by atoms with Gasteiger partial charge < -0.3 is 10.1 Å². The average molecular weight is 227 g/mol. The number of hydrogen-bond donors (Lipinski definition) is 1. The standard InChI is InChI=1S/C14H15N2O/c1-11(16-14-8-3-4-9-15-14)12-6-5-7-13(10-12)17-2/h3-11H,1H2,2H3,(H,15,16). The zero-order chi connectivity index (χ0) is 12.1. The largest absolute Gasteiger partial charge is 0.497 e. The maximum Gasteiger partial charge on any atom is 0.126 e. The van der Waals surface area contributed by atoms with E-state index in [1.807, 2.05) is 42.5 Å². The van der Waals surface area contributed by atoms with E-state index in [-0.39, 0.29) is 6.04 Å². The third kappa shape index (κ3) is 2.97. The van der Waals surface area contributed by atoms with Crippen LogP contribution in [-0.2, 0) is 0 Å². The van der Waals surface area contributed by atoms with Crippen LogP contribution in [0.3, 0.4) is 0 Å². The summed E-state index contributed by atoms with van der Waals surface area (Å²) in [5, 5.41) is 3.23. The van der Waals surface area contributed by atoms with E-state index in [9.17, 15) is 0 Å². The molecule has 0 saturated heterocycles. The molecular formula is C14H15N2O. The summed E-state index contributed by atoms with van der Waals surface area (Å²) < 4.78 is 5.18. The van der Waals surface area contributed by atoms with Crippen molar-refractivity contribution in [3.8, 4) is 5.75 Å². The third-order valence-corrected chi connectivity index (χ3v) is 2.48. The molecule has 0 fully saturated rings. The molecule has 0 aliphatic carbocycles. The molecule has 0 saturated carbocycles. The summed E-state index contributed by atoms with van der Waals surface area (Å²) in [5.74, 6) is 1.65. The van der Waals surface area contributed by atoms with E-state index < -0.39 is 0 Å². The Hall–Kier alpha value is -2.03. The first kappa shape index (κ1) is 11.5. The van der Waals surface area contributed by atoms with E-state index in [0.717, 1.165) is 17.1 Å². The Morgan fingerprint density at radius 1 is 1.24 bits per heavy atom. The van der Waals surface area contributed by atoms with Crippen LogP contribution in [0.4, 0.5) is 5.82 Å². The molecule has 0 bridgehead atoms. The zero-order valence-corrected chi connectivity index (χ0v) is 9.76. The molecule has 0 aliphatic rings. The Kier molecular flexibility index (Phi) is 3.60. The second kappa shape index (κ2) is 5.34. The normalized spacial score (nSPS) is 11.9. The van der Waals surface area contributed by atoms with Crippen molar-refractivity contribution >= 4 is 5.82 Å². The van der Waals surface area contributed by atoms with Crippen molar-refractivity contribution in [1.82, 2.24) is 4.98 Å². The van der Waals surface area contributed by atoms with Crippen LogP contribution in [0.15, 0.2) is 48.7 Å². The van der Waals surface area contributed by atoms with Crippen LogP contribution in [0.1, 0.15) is 11.6 Å². The van der Waals surface area contributed by atoms with E-state index in [0.29, 0.717) is 0 Å². The number of methoxy groups -OCH3 is 1. The molecule has 1 aromatic heterocycles. The Morgan fingerprint density at radius 3 is 2.82 bits per heavy atom. The average Bonchev–Trinajstić information content (AvgIpc) is 2.40. The number of hydrogen-bond acceptors (Lipinski definition) is 3. The Morgan fingerprint density at radius 2 is 2.12 bits per heavy atom. The minimum atomic E-state index is -0.0556. The van der Waals surface area contributed by atoms with Crippen molar-refractivity contribution in [1.29, 1.82) is 0 Å². The summed E-state index contributed by atoms with van der Waals surface area (Å²) in [7, 11) is 1.66. The molecule has 3 nitrogen and oxygen atoms in total. The SMILES string of the molecule is [CH2]C(Nc1ccccn1)c1cccc(OC)c1. The Labute approximate surface area is 101 Å². The first-order chi connectivity index (χ1) is 8.29. The molecule has 0 spiro atoms. The molecule has 87 valence electrons. The van der Waals surface area contributed by atoms with Crippen molar-refractivity contribution in [2.75, 3.05) is 12.4 Å². The molecule has 2 aromatic rings. The van der Waals surface area contributed by atoms with E-state index >= 15 is 0 Å². The number of aromatic nitrogens is 1. The monoisotopic (exact) mass is 227 g/mol. The number of nitrogens with zero attached hydrogens (tertiary/aromatic N) is 1. The fraction of sp³-hybridized carbons (Fsp3) is 0.143. The predicted octanol–water partition coefficient (Wildman–Crippen LogP) is 3.08. The maximum absolute atomic E-state index is 5.18. The van der Waals surface area contributed by atoms with Gasteiger partial charge in [0.25, 0.3) is 0 Å². The first-order valence-corrected chi connectivity index (χ1v) is 5.44. The summed E-state index contributed by atoms with van der Waals surface area (Å²) in [6, 6.07) is 13.5. The highest BCUT2D eigenvalue weighted by atomic mass is 16.5. The summed E-state index contributed by atoms with van der Waals surface area (Å²) in [6.07, 6.45) is 1.75. The van der Waals surface area contributed by atoms with Crippen LogP contribution in [0.5, 0.6) is 5.75 Å². The van der Waals surface area contributed by atoms with Gasteiger partial charge in [0.2, 0.25) is 0 Å². The van der Waals surface area contributed by atoms with Crippen molar-refractivity contribution in [2.45, 2.75) is 6.04 Å². The van der Waals surface area contributed by atoms with Gasteiger partial charge in [0.15, 0.2) is 0 Å². The second-order valence-electron chi connectivity index (χ2n) is 3.69. The highest BCUT2D eigenvalue weighted by molar-refractivity contribution is 5.40. The third-order valence-electron chi connectivity index (χ3n) is 2.48. The van der Waals surface area contributed by atoms with E-state index in [4.69, 9.17) is 4.74 Å². The van der Waals surface area contributed by atoms with Crippen LogP contribution in [0.2, 0.25) is 0 Å². The van der Waals surface area contributed by atoms with Gasteiger partial charge in [-0.3, -0.25) is 0 Å². The molecule has 1 N–H and O–H groups in total. The minimum Gasteiger partial charge on any atom is -0.497 e. The van der Waals surface area contributed by atoms with Gasteiger partial charge in [0.05, 0.1) is 13.2 Å². The van der Waals surface area contributed by atoms with Gasteiger partial charge in [-0.25, -0.2) is 4.98 Å². The molecule has 1 aromatic carbocycles. The number of anilines is 1. The van der Waals surface area contributed by atoms with Gasteiger partial charge in [0.1, 0.15) is 11.6 Å². The zero-order valence-electron chi connectivity index (χ0n) is 9.76. The van der Waals surface area contributed by atoms with Crippen molar-refractivity contribution < 1.29 is 4.74 Å². The summed E-state index contributed by atoms with van der Waals surface area (Å²) in [5.41, 5.74) is 1.06. The van der Waals surface area contributed by atoms with Gasteiger partial charge in [-0.15, -0.1) is 0 Å². The molecule has 17 heavy (non-hydrogen) atoms. The topological polar surface area (TPSA) is 34.2 Å². The van der Waals surface area contributed by atoms with E-state index in [1.54, 1.807) is 13.3 Å². The lowest BCUT2D eigenvalue weighted by Gasteiger charge is -2.15. The summed E-state index contributed by atoms with van der Waals surface area (Å²) >= 11 is 0. The highest BCUT2D eigenvalue weighted by Crippen LogP contribution is 2.21. The van der Waals surface area contributed by atoms with Crippen LogP contribution in [0.25, 0.3) is 0 Å². The van der Waals surface area contributed by atoms with Crippen molar-refractivity contribution in [3.05, 3.63) is 61.1 Å². The molecule has 3 heteroatoms. The molecular weight excluding hydrogens is 212 g/mol. The number of pyridine rings is 1. The lowest BCUT2D eigenvalue weighted by Crippen LogP contribution is -2.07. The van der Waals surface area contributed by atoms with Crippen molar-refractivity contribution in [2.24, 2.45) is 0 Å². The molecule has 2 rings (SSSR count). The van der Waals surface area contributed by atoms with Crippen LogP contribution < -0.4 is 10.1 Å². The van der Waals surface area contributed by atoms with Gasteiger partial charge >= 0.3 is 0 Å². The molecule has 1 heterocycles. The summed E-state index contributed by atoms with van der Waals surface area (Å²) in [4.78, 5) is 4.20. The molecule has 1 unspecified atom stereocenters. The highest BCUT2D eigenvalue weighted by Gasteiger charge is 2.06. The Balaban J connectivity index is 2.11. The molecule has 1 radical (unpaired) electrons. The molecule has 1 atom stereocenters. The van der Waals surface area contributed by atoms with Crippen LogP contribution in [-0.4, -0.2) is 12.1 Å².